The third-order valence-electron chi connectivity index (χ3n) is 3.00. The molecule has 0 bridgehead atoms. The number of amides is 1. The van der Waals surface area contributed by atoms with Crippen LogP contribution >= 0.6 is 11.6 Å². The number of nitro benzene ring substituents is 1. The lowest BCUT2D eigenvalue weighted by Crippen LogP contribution is -2.22. The Morgan fingerprint density at radius 3 is 2.68 bits per heavy atom. The molecule has 0 aromatic heterocycles. The van der Waals surface area contributed by atoms with Crippen LogP contribution in [0.25, 0.3) is 0 Å². The first-order valence-electron chi connectivity index (χ1n) is 6.74. The average Bonchev–Trinajstić information content (AvgIpc) is 2.56. The average molecular weight is 368 g/mol. The predicted octanol–water partition coefficient (Wildman–Crippen LogP) is 2.77. The SMILES string of the molecule is Nc1ccc([N+](=O)[O-])cc1C(=O)OCC(=O)Nc1cc(Cl)ccc1F. The molecule has 2 aromatic rings. The zero-order chi connectivity index (χ0) is 18.6. The van der Waals surface area contributed by atoms with Crippen LogP contribution in [0.15, 0.2) is 36.4 Å². The van der Waals surface area contributed by atoms with Crippen molar-refractivity contribution < 1.29 is 23.6 Å². The van der Waals surface area contributed by atoms with Crippen LogP contribution in [-0.4, -0.2) is 23.4 Å². The number of anilines is 2. The van der Waals surface area contributed by atoms with Gasteiger partial charge in [0.2, 0.25) is 0 Å². The largest absolute Gasteiger partial charge is 0.452 e. The van der Waals surface area contributed by atoms with Gasteiger partial charge in [0.15, 0.2) is 6.61 Å². The zero-order valence-electron chi connectivity index (χ0n) is 12.5. The van der Waals surface area contributed by atoms with Crippen LogP contribution in [0, 0.1) is 15.9 Å². The fraction of sp³-hybridized carbons (Fsp3) is 0.0667. The van der Waals surface area contributed by atoms with Gasteiger partial charge in [-0.05, 0) is 24.3 Å². The van der Waals surface area contributed by atoms with Gasteiger partial charge >= 0.3 is 5.97 Å². The summed E-state index contributed by atoms with van der Waals surface area (Å²) in [5.41, 5.74) is 4.74. The van der Waals surface area contributed by atoms with Gasteiger partial charge in [-0.2, -0.15) is 0 Å². The van der Waals surface area contributed by atoms with Crippen LogP contribution in [0.5, 0.6) is 0 Å². The molecule has 0 fully saturated rings. The van der Waals surface area contributed by atoms with Crippen molar-refractivity contribution in [2.45, 2.75) is 0 Å². The van der Waals surface area contributed by atoms with E-state index in [0.717, 1.165) is 18.2 Å². The van der Waals surface area contributed by atoms with Gasteiger partial charge in [-0.15, -0.1) is 0 Å². The quantitative estimate of drug-likeness (QED) is 0.362. The monoisotopic (exact) mass is 367 g/mol. The number of esters is 1. The highest BCUT2D eigenvalue weighted by Gasteiger charge is 2.18. The summed E-state index contributed by atoms with van der Waals surface area (Å²) in [6.07, 6.45) is 0. The molecular weight excluding hydrogens is 357 g/mol. The van der Waals surface area contributed by atoms with Crippen molar-refractivity contribution in [1.29, 1.82) is 0 Å². The Kier molecular flexibility index (Phi) is 5.50. The van der Waals surface area contributed by atoms with Crippen LogP contribution in [0.2, 0.25) is 5.02 Å². The minimum absolute atomic E-state index is 0.0445. The molecule has 25 heavy (non-hydrogen) atoms. The molecule has 0 saturated heterocycles. The number of nitrogens with zero attached hydrogens (tertiary/aromatic N) is 1. The number of hydrogen-bond acceptors (Lipinski definition) is 6. The number of nitrogen functional groups attached to an aromatic ring is 1. The van der Waals surface area contributed by atoms with E-state index in [4.69, 9.17) is 22.1 Å². The van der Waals surface area contributed by atoms with E-state index in [2.05, 4.69) is 5.32 Å². The maximum absolute atomic E-state index is 13.5. The Morgan fingerprint density at radius 2 is 2.00 bits per heavy atom. The van der Waals surface area contributed by atoms with E-state index >= 15 is 0 Å². The molecule has 0 heterocycles. The Bertz CT molecular complexity index is 859. The summed E-state index contributed by atoms with van der Waals surface area (Å²) >= 11 is 5.69. The fourth-order valence-corrected chi connectivity index (χ4v) is 2.00. The molecule has 3 N–H and O–H groups in total. The maximum Gasteiger partial charge on any atom is 0.341 e. The molecule has 2 rings (SSSR count). The first kappa shape index (κ1) is 18.1. The fourth-order valence-electron chi connectivity index (χ4n) is 1.82. The summed E-state index contributed by atoms with van der Waals surface area (Å²) in [4.78, 5) is 33.7. The predicted molar refractivity (Wildman–Crippen MR) is 87.8 cm³/mol. The van der Waals surface area contributed by atoms with Crippen LogP contribution in [0.3, 0.4) is 0 Å². The van der Waals surface area contributed by atoms with Gasteiger partial charge in [-0.3, -0.25) is 14.9 Å². The second kappa shape index (κ2) is 7.58. The molecule has 8 nitrogen and oxygen atoms in total. The first-order chi connectivity index (χ1) is 11.8. The van der Waals surface area contributed by atoms with Crippen molar-refractivity contribution >= 4 is 40.5 Å². The molecule has 0 aliphatic heterocycles. The van der Waals surface area contributed by atoms with Crippen LogP contribution in [0.1, 0.15) is 10.4 Å². The number of nitro groups is 1. The molecule has 0 unspecified atom stereocenters. The lowest BCUT2D eigenvalue weighted by Gasteiger charge is -2.09. The Morgan fingerprint density at radius 1 is 1.28 bits per heavy atom. The normalized spacial score (nSPS) is 10.2. The molecular formula is C15H11ClFN3O5. The van der Waals surface area contributed by atoms with Crippen molar-refractivity contribution in [3.05, 3.63) is 62.9 Å². The van der Waals surface area contributed by atoms with Crippen molar-refractivity contribution in [2.24, 2.45) is 0 Å². The maximum atomic E-state index is 13.5. The second-order valence-electron chi connectivity index (χ2n) is 4.78. The van der Waals surface area contributed by atoms with Gasteiger partial charge in [0.1, 0.15) is 5.82 Å². The number of non-ortho nitro benzene ring substituents is 1. The van der Waals surface area contributed by atoms with E-state index in [1.54, 1.807) is 0 Å². The topological polar surface area (TPSA) is 125 Å². The third-order valence-corrected chi connectivity index (χ3v) is 3.24. The summed E-state index contributed by atoms with van der Waals surface area (Å²) in [5, 5.41) is 13.1. The molecule has 130 valence electrons. The summed E-state index contributed by atoms with van der Waals surface area (Å²) in [6, 6.07) is 6.80. The summed E-state index contributed by atoms with van der Waals surface area (Å²) in [5.74, 6) is -2.56. The summed E-state index contributed by atoms with van der Waals surface area (Å²) < 4.78 is 18.2. The standard InChI is InChI=1S/C15H11ClFN3O5/c16-8-1-3-11(17)13(5-8)19-14(21)7-25-15(22)10-6-9(20(23)24)2-4-12(10)18/h1-6H,7,18H2,(H,19,21). The Labute approximate surface area is 145 Å². The Hall–Kier alpha value is -3.20. The zero-order valence-corrected chi connectivity index (χ0v) is 13.2. The smallest absolute Gasteiger partial charge is 0.341 e. The van der Waals surface area contributed by atoms with Crippen LogP contribution in [0.4, 0.5) is 21.5 Å². The molecule has 10 heteroatoms. The summed E-state index contributed by atoms with van der Waals surface area (Å²) in [6.45, 7) is -0.743. The first-order valence-corrected chi connectivity index (χ1v) is 7.11. The molecule has 2 aromatic carbocycles. The molecule has 0 saturated carbocycles. The number of nitrogens with one attached hydrogen (secondary N) is 1. The van der Waals surface area contributed by atoms with E-state index in [0.29, 0.717) is 0 Å². The van der Waals surface area contributed by atoms with Gasteiger partial charge in [-0.25, -0.2) is 9.18 Å². The summed E-state index contributed by atoms with van der Waals surface area (Å²) in [7, 11) is 0. The molecule has 0 radical (unpaired) electrons. The van der Waals surface area contributed by atoms with Gasteiger partial charge in [-0.1, -0.05) is 11.6 Å². The van der Waals surface area contributed by atoms with E-state index in [1.807, 2.05) is 0 Å². The minimum Gasteiger partial charge on any atom is -0.452 e. The number of benzene rings is 2. The number of carbonyl (C=O) groups is 2. The van der Waals surface area contributed by atoms with E-state index in [9.17, 15) is 24.1 Å². The molecule has 1 amide bonds. The van der Waals surface area contributed by atoms with Crippen LogP contribution < -0.4 is 11.1 Å². The number of rotatable bonds is 5. The minimum atomic E-state index is -1.03. The highest BCUT2D eigenvalue weighted by Crippen LogP contribution is 2.21. The second-order valence-corrected chi connectivity index (χ2v) is 5.21. The van der Waals surface area contributed by atoms with E-state index in [1.165, 1.54) is 18.2 Å². The third kappa shape index (κ3) is 4.64. The van der Waals surface area contributed by atoms with Crippen molar-refractivity contribution in [3.63, 3.8) is 0 Å². The molecule has 0 aliphatic rings. The number of nitrogens with two attached hydrogens (primary N) is 1. The lowest BCUT2D eigenvalue weighted by atomic mass is 10.1. The number of carbonyl (C=O) groups excluding carboxylic acids is 2. The van der Waals surface area contributed by atoms with Crippen LogP contribution in [-0.2, 0) is 9.53 Å². The van der Waals surface area contributed by atoms with Crippen molar-refractivity contribution in [1.82, 2.24) is 0 Å². The highest BCUT2D eigenvalue weighted by atomic mass is 35.5. The van der Waals surface area contributed by atoms with E-state index < -0.39 is 29.2 Å². The number of halogens is 2. The van der Waals surface area contributed by atoms with Crippen molar-refractivity contribution in [2.75, 3.05) is 17.7 Å². The molecule has 0 spiro atoms. The number of ether oxygens (including phenoxy) is 1. The van der Waals surface area contributed by atoms with Gasteiger partial charge in [0.25, 0.3) is 11.6 Å². The van der Waals surface area contributed by atoms with Crippen molar-refractivity contribution in [3.8, 4) is 0 Å². The molecule has 0 atom stereocenters. The Balaban J connectivity index is 2.02. The van der Waals surface area contributed by atoms with Gasteiger partial charge < -0.3 is 15.8 Å². The van der Waals surface area contributed by atoms with Gasteiger partial charge in [0, 0.05) is 22.8 Å². The van der Waals surface area contributed by atoms with E-state index in [-0.39, 0.29) is 27.6 Å². The highest BCUT2D eigenvalue weighted by molar-refractivity contribution is 6.30. The number of hydrogen-bond donors (Lipinski definition) is 2. The molecule has 0 aliphatic carbocycles. The lowest BCUT2D eigenvalue weighted by molar-refractivity contribution is -0.384. The van der Waals surface area contributed by atoms with Gasteiger partial charge in [0.05, 0.1) is 16.2 Å².